The number of nitrogens with zero attached hydrogens (tertiary/aromatic N) is 1. The van der Waals surface area contributed by atoms with Crippen molar-refractivity contribution in [2.45, 2.75) is 13.3 Å². The summed E-state index contributed by atoms with van der Waals surface area (Å²) in [4.78, 5) is 48.7. The Morgan fingerprint density at radius 1 is 1.07 bits per heavy atom. The lowest BCUT2D eigenvalue weighted by Crippen LogP contribution is -2.43. The maximum atomic E-state index is 12.2. The Kier molecular flexibility index (Phi) is 6.29. The average molecular weight is 415 g/mol. The zero-order chi connectivity index (χ0) is 21.0. The number of hydrogen-bond acceptors (Lipinski definition) is 5. The van der Waals surface area contributed by atoms with Gasteiger partial charge in [0.2, 0.25) is 5.91 Å². The van der Waals surface area contributed by atoms with Gasteiger partial charge in [0, 0.05) is 22.6 Å². The lowest BCUT2D eigenvalue weighted by Gasteiger charge is -2.17. The number of ketones is 1. The third-order valence-corrected chi connectivity index (χ3v) is 4.77. The highest BCUT2D eigenvalue weighted by molar-refractivity contribution is 6.30. The molecule has 0 aliphatic carbocycles. The highest BCUT2D eigenvalue weighted by Gasteiger charge is 2.36. The monoisotopic (exact) mass is 414 g/mol. The van der Waals surface area contributed by atoms with Crippen molar-refractivity contribution in [1.82, 2.24) is 10.4 Å². The van der Waals surface area contributed by atoms with Gasteiger partial charge in [-0.25, -0.2) is 0 Å². The third kappa shape index (κ3) is 5.20. The number of hydrazine groups is 1. The number of carbonyl (C=O) groups is 4. The standard InChI is InChI=1S/C21H19ClN2O5/c1-13-2-4-14(5-3-13)18(25)12-29-21(28)16-10-19(26)24(11-16)23-20(27)15-6-8-17(22)9-7-15/h2-9,16H,10-12H2,1H3,(H,23,27)/t16-/m0/s1. The minimum Gasteiger partial charge on any atom is -0.457 e. The van der Waals surface area contributed by atoms with Crippen LogP contribution in [0.25, 0.3) is 0 Å². The molecule has 1 fully saturated rings. The highest BCUT2D eigenvalue weighted by atomic mass is 35.5. The minimum atomic E-state index is -0.751. The van der Waals surface area contributed by atoms with E-state index in [9.17, 15) is 19.2 Å². The average Bonchev–Trinajstić information content (AvgIpc) is 3.07. The second-order valence-electron chi connectivity index (χ2n) is 6.75. The fourth-order valence-corrected chi connectivity index (χ4v) is 2.97. The van der Waals surface area contributed by atoms with E-state index in [4.69, 9.17) is 16.3 Å². The van der Waals surface area contributed by atoms with Crippen molar-refractivity contribution < 1.29 is 23.9 Å². The van der Waals surface area contributed by atoms with Gasteiger partial charge >= 0.3 is 5.97 Å². The first-order chi connectivity index (χ1) is 13.8. The number of Topliss-reactive ketones (excluding diaryl/α,β-unsaturated/α-hetero) is 1. The second kappa shape index (κ2) is 8.87. The zero-order valence-electron chi connectivity index (χ0n) is 15.7. The lowest BCUT2D eigenvalue weighted by atomic mass is 10.1. The fraction of sp³-hybridized carbons (Fsp3) is 0.238. The molecule has 8 heteroatoms. The molecule has 2 aromatic rings. The number of carbonyl (C=O) groups excluding carboxylic acids is 4. The molecule has 7 nitrogen and oxygen atoms in total. The zero-order valence-corrected chi connectivity index (χ0v) is 16.4. The van der Waals surface area contributed by atoms with E-state index in [1.165, 1.54) is 12.1 Å². The van der Waals surface area contributed by atoms with Crippen molar-refractivity contribution in [2.24, 2.45) is 5.92 Å². The van der Waals surface area contributed by atoms with E-state index in [1.54, 1.807) is 36.4 Å². The fourth-order valence-electron chi connectivity index (χ4n) is 2.84. The Balaban J connectivity index is 1.51. The van der Waals surface area contributed by atoms with Gasteiger partial charge in [-0.05, 0) is 31.2 Å². The Morgan fingerprint density at radius 3 is 2.34 bits per heavy atom. The van der Waals surface area contributed by atoms with E-state index in [1.807, 2.05) is 6.92 Å². The van der Waals surface area contributed by atoms with Crippen LogP contribution in [-0.4, -0.2) is 41.7 Å². The van der Waals surface area contributed by atoms with Gasteiger partial charge in [-0.3, -0.25) is 29.6 Å². The van der Waals surface area contributed by atoms with Crippen LogP contribution in [0.4, 0.5) is 0 Å². The summed E-state index contributed by atoms with van der Waals surface area (Å²) in [6, 6.07) is 13.1. The van der Waals surface area contributed by atoms with E-state index in [-0.39, 0.29) is 18.7 Å². The van der Waals surface area contributed by atoms with Crippen molar-refractivity contribution in [3.63, 3.8) is 0 Å². The van der Waals surface area contributed by atoms with Crippen molar-refractivity contribution in [1.29, 1.82) is 0 Å². The van der Waals surface area contributed by atoms with Crippen LogP contribution in [0.3, 0.4) is 0 Å². The number of amides is 2. The normalized spacial score (nSPS) is 15.9. The molecule has 1 aliphatic heterocycles. The molecule has 29 heavy (non-hydrogen) atoms. The number of esters is 1. The number of nitrogens with one attached hydrogen (secondary N) is 1. The maximum Gasteiger partial charge on any atom is 0.311 e. The number of hydrogen-bond donors (Lipinski definition) is 1. The molecule has 0 aromatic heterocycles. The maximum absolute atomic E-state index is 12.2. The molecule has 1 atom stereocenters. The molecule has 2 amide bonds. The molecule has 0 spiro atoms. The first kappa shape index (κ1) is 20.5. The summed E-state index contributed by atoms with van der Waals surface area (Å²) >= 11 is 5.79. The van der Waals surface area contributed by atoms with Gasteiger partial charge in [-0.2, -0.15) is 0 Å². The van der Waals surface area contributed by atoms with Crippen LogP contribution in [0.5, 0.6) is 0 Å². The van der Waals surface area contributed by atoms with Crippen molar-refractivity contribution in [2.75, 3.05) is 13.2 Å². The van der Waals surface area contributed by atoms with Crippen LogP contribution in [-0.2, 0) is 14.3 Å². The minimum absolute atomic E-state index is 0.0181. The van der Waals surface area contributed by atoms with Gasteiger partial charge in [0.15, 0.2) is 12.4 Å². The van der Waals surface area contributed by atoms with E-state index in [2.05, 4.69) is 5.43 Å². The molecule has 3 rings (SSSR count). The summed E-state index contributed by atoms with van der Waals surface area (Å²) in [6.07, 6.45) is -0.0988. The molecule has 0 unspecified atom stereocenters. The van der Waals surface area contributed by atoms with Crippen LogP contribution in [0, 0.1) is 12.8 Å². The first-order valence-electron chi connectivity index (χ1n) is 8.97. The topological polar surface area (TPSA) is 92.8 Å². The van der Waals surface area contributed by atoms with Crippen LogP contribution >= 0.6 is 11.6 Å². The summed E-state index contributed by atoms with van der Waals surface area (Å²) in [5.41, 5.74) is 4.27. The number of halogens is 1. The molecule has 0 bridgehead atoms. The predicted molar refractivity (Wildman–Crippen MR) is 105 cm³/mol. The van der Waals surface area contributed by atoms with Crippen LogP contribution in [0.15, 0.2) is 48.5 Å². The van der Waals surface area contributed by atoms with Crippen LogP contribution in [0.1, 0.15) is 32.7 Å². The van der Waals surface area contributed by atoms with Gasteiger partial charge in [0.1, 0.15) is 0 Å². The second-order valence-corrected chi connectivity index (χ2v) is 7.19. The lowest BCUT2D eigenvalue weighted by molar-refractivity contribution is -0.147. The van der Waals surface area contributed by atoms with Gasteiger partial charge in [0.05, 0.1) is 12.5 Å². The van der Waals surface area contributed by atoms with Gasteiger partial charge < -0.3 is 4.74 Å². The molecule has 1 N–H and O–H groups in total. The van der Waals surface area contributed by atoms with Gasteiger partial charge in [-0.1, -0.05) is 41.4 Å². The molecule has 0 saturated carbocycles. The number of benzene rings is 2. The van der Waals surface area contributed by atoms with Crippen molar-refractivity contribution >= 4 is 35.2 Å². The van der Waals surface area contributed by atoms with Crippen molar-refractivity contribution in [3.8, 4) is 0 Å². The Hall–Kier alpha value is -3.19. The van der Waals surface area contributed by atoms with Gasteiger partial charge in [-0.15, -0.1) is 0 Å². The Bertz CT molecular complexity index is 941. The third-order valence-electron chi connectivity index (χ3n) is 4.52. The Morgan fingerprint density at radius 2 is 1.69 bits per heavy atom. The number of rotatable bonds is 6. The number of ether oxygens (including phenoxy) is 1. The predicted octanol–water partition coefficient (Wildman–Crippen LogP) is 2.57. The molecule has 150 valence electrons. The van der Waals surface area contributed by atoms with Crippen LogP contribution in [0.2, 0.25) is 5.02 Å². The van der Waals surface area contributed by atoms with E-state index < -0.39 is 30.3 Å². The molecule has 1 heterocycles. The molecular formula is C21H19ClN2O5. The summed E-state index contributed by atoms with van der Waals surface area (Å²) in [6.45, 7) is 1.49. The van der Waals surface area contributed by atoms with E-state index >= 15 is 0 Å². The largest absolute Gasteiger partial charge is 0.457 e. The molecule has 0 radical (unpaired) electrons. The molecular weight excluding hydrogens is 396 g/mol. The summed E-state index contributed by atoms with van der Waals surface area (Å²) in [5.74, 6) is -2.62. The summed E-state index contributed by atoms with van der Waals surface area (Å²) < 4.78 is 5.08. The van der Waals surface area contributed by atoms with Gasteiger partial charge in [0.25, 0.3) is 5.91 Å². The Labute approximate surface area is 172 Å². The quantitative estimate of drug-likeness (QED) is 0.579. The van der Waals surface area contributed by atoms with E-state index in [0.717, 1.165) is 10.6 Å². The van der Waals surface area contributed by atoms with Crippen LogP contribution < -0.4 is 5.43 Å². The smallest absolute Gasteiger partial charge is 0.311 e. The van der Waals surface area contributed by atoms with Crippen molar-refractivity contribution in [3.05, 3.63) is 70.2 Å². The highest BCUT2D eigenvalue weighted by Crippen LogP contribution is 2.18. The number of aryl methyl sites for hydroxylation is 1. The van der Waals surface area contributed by atoms with E-state index in [0.29, 0.717) is 16.1 Å². The summed E-state index contributed by atoms with van der Waals surface area (Å²) in [7, 11) is 0. The summed E-state index contributed by atoms with van der Waals surface area (Å²) in [5, 5.41) is 1.58. The molecule has 1 aliphatic rings. The first-order valence-corrected chi connectivity index (χ1v) is 9.34. The molecule has 2 aromatic carbocycles. The molecule has 1 saturated heterocycles. The SMILES string of the molecule is Cc1ccc(C(=O)COC(=O)[C@H]2CC(=O)N(NC(=O)c3ccc(Cl)cc3)C2)cc1.